The summed E-state index contributed by atoms with van der Waals surface area (Å²) in [5, 5.41) is 6.05. The van der Waals surface area contributed by atoms with Gasteiger partial charge in [-0.05, 0) is 104 Å². The maximum atomic E-state index is 15.7. The molecule has 10 aromatic rings. The normalized spacial score (nSPS) is 12.2. The molecule has 496 valence electrons. The predicted octanol–water partition coefficient (Wildman–Crippen LogP) is 9.76. The smallest absolute Gasteiger partial charge is 0.335 e. The highest BCUT2D eigenvalue weighted by atomic mass is 19.1. The van der Waals surface area contributed by atoms with Crippen molar-refractivity contribution in [3.8, 4) is 68.9 Å². The molecule has 0 bridgehead atoms. The number of hydrogen-bond acceptors (Lipinski definition) is 18. The first kappa shape index (κ1) is 66.0. The number of ether oxygens (including phenoxy) is 10. The van der Waals surface area contributed by atoms with Gasteiger partial charge in [0.25, 0.3) is 22.9 Å². The van der Waals surface area contributed by atoms with Crippen LogP contribution in [0.3, 0.4) is 0 Å². The minimum absolute atomic E-state index is 0.0679. The van der Waals surface area contributed by atoms with Crippen LogP contribution in [0.25, 0.3) is 33.2 Å². The number of amides is 2. The van der Waals surface area contributed by atoms with E-state index >= 15 is 8.78 Å². The van der Waals surface area contributed by atoms with Crippen molar-refractivity contribution in [2.75, 3.05) is 77.7 Å². The van der Waals surface area contributed by atoms with Gasteiger partial charge in [0.15, 0.2) is 46.1 Å². The fourth-order valence-electron chi connectivity index (χ4n) is 10.4. The Kier molecular flexibility index (Phi) is 19.8. The fourth-order valence-corrected chi connectivity index (χ4v) is 10.4. The zero-order valence-corrected chi connectivity index (χ0v) is 52.3. The van der Waals surface area contributed by atoms with E-state index in [1.807, 2.05) is 0 Å². The molecule has 0 radical (unpaired) electrons. The van der Waals surface area contributed by atoms with Crippen LogP contribution in [0.5, 0.6) is 57.5 Å². The Morgan fingerprint density at radius 1 is 0.531 bits per heavy atom. The third-order valence-electron chi connectivity index (χ3n) is 15.1. The minimum atomic E-state index is -0.924. The van der Waals surface area contributed by atoms with Crippen LogP contribution in [0.4, 0.5) is 28.9 Å². The number of carbonyl (C=O) groups excluding carboxylic acids is 2. The summed E-state index contributed by atoms with van der Waals surface area (Å²) in [7, 11) is 4.50. The summed E-state index contributed by atoms with van der Waals surface area (Å²) in [6.45, 7) is 7.64. The summed E-state index contributed by atoms with van der Waals surface area (Å²) in [5.41, 5.74) is -1.87. The molecule has 0 atom stereocenters. The topological polar surface area (TPSA) is 264 Å². The van der Waals surface area contributed by atoms with E-state index in [1.165, 1.54) is 60.4 Å². The summed E-state index contributed by atoms with van der Waals surface area (Å²) in [6, 6.07) is 20.9. The van der Waals surface area contributed by atoms with Crippen molar-refractivity contribution in [1.29, 1.82) is 0 Å². The molecule has 2 aliphatic heterocycles. The second-order valence-electron chi connectivity index (χ2n) is 21.3. The molecule has 2 N–H and O–H groups in total. The van der Waals surface area contributed by atoms with Gasteiger partial charge in [-0.1, -0.05) is 6.92 Å². The summed E-state index contributed by atoms with van der Waals surface area (Å²) < 4.78 is 120. The number of aromatic nitrogens is 6. The van der Waals surface area contributed by atoms with Gasteiger partial charge in [-0.3, -0.25) is 33.7 Å². The molecule has 4 aromatic heterocycles. The number of halogens is 4. The molecular weight excluding hydrogens is 1260 g/mol. The van der Waals surface area contributed by atoms with Crippen LogP contribution in [0.2, 0.25) is 0 Å². The summed E-state index contributed by atoms with van der Waals surface area (Å²) in [6.07, 6.45) is 5.59. The highest BCUT2D eigenvalue weighted by Gasteiger charge is 2.29. The number of benzene rings is 6. The molecular formula is C68H60F4N8O16. The lowest BCUT2D eigenvalue weighted by Gasteiger charge is -2.23. The number of aryl methyl sites for hydroxylation is 4. The van der Waals surface area contributed by atoms with Crippen LogP contribution in [0, 0.1) is 30.2 Å². The van der Waals surface area contributed by atoms with Gasteiger partial charge < -0.3 is 62.6 Å². The average Bonchev–Trinajstić information content (AvgIpc) is 0.778. The maximum Gasteiger partial charge on any atom is 0.335 e. The molecule has 0 spiro atoms. The number of anilines is 2. The Hall–Kier alpha value is -11.5. The van der Waals surface area contributed by atoms with Gasteiger partial charge in [0, 0.05) is 88.2 Å². The standard InChI is InChI=1S/2C34H30F2N4O8/c1-4-19-15-27(48-26-9-10-37-25-17-28(45-12-11-44-3)30-31(29(25)26)47-14-13-46-30)23(36)16-24(19)38-32(41)22-18-39(2)34(43)40(33(22)42)21-7-5-20(35)6-8-21;1-4-39-18-22(33(42)40(34(39)43)21-7-5-20(35)6-8-21)32(41)38-24-16-23(36)27(15-19(24)2)48-26-9-10-37-25-17-28(45-12-11-44-3)30-31(29(25)26)47-14-13-46-30/h2*5-10,15-18H,4,11-14H2,1-3H3,(H,38,41). The van der Waals surface area contributed by atoms with Crippen molar-refractivity contribution in [1.82, 2.24) is 28.2 Å². The van der Waals surface area contributed by atoms with Crippen LogP contribution >= 0.6 is 0 Å². The van der Waals surface area contributed by atoms with Gasteiger partial charge in [0.2, 0.25) is 11.5 Å². The molecule has 6 heterocycles. The van der Waals surface area contributed by atoms with Gasteiger partial charge in [-0.25, -0.2) is 36.3 Å². The van der Waals surface area contributed by atoms with Crippen molar-refractivity contribution < 1.29 is 74.5 Å². The highest BCUT2D eigenvalue weighted by molar-refractivity contribution is 6.05. The number of methoxy groups -OCH3 is 2. The van der Waals surface area contributed by atoms with Gasteiger partial charge >= 0.3 is 11.4 Å². The van der Waals surface area contributed by atoms with E-state index in [4.69, 9.17) is 47.4 Å². The van der Waals surface area contributed by atoms with Crippen molar-refractivity contribution in [3.05, 3.63) is 209 Å². The third-order valence-corrected chi connectivity index (χ3v) is 15.1. The fraction of sp³-hybridized carbons (Fsp3) is 0.235. The van der Waals surface area contributed by atoms with Crippen LogP contribution in [-0.2, 0) is 29.5 Å². The maximum absolute atomic E-state index is 15.7. The molecule has 2 aliphatic rings. The van der Waals surface area contributed by atoms with Crippen LogP contribution in [0.1, 0.15) is 45.7 Å². The first-order valence-corrected chi connectivity index (χ1v) is 29.9. The molecule has 2 amide bonds. The largest absolute Gasteiger partial charge is 0.487 e. The number of nitrogens with zero attached hydrogens (tertiary/aromatic N) is 6. The van der Waals surface area contributed by atoms with E-state index in [9.17, 15) is 37.5 Å². The molecule has 0 saturated heterocycles. The van der Waals surface area contributed by atoms with Crippen LogP contribution in [-0.4, -0.2) is 107 Å². The first-order valence-electron chi connectivity index (χ1n) is 29.9. The van der Waals surface area contributed by atoms with Crippen molar-refractivity contribution in [2.45, 2.75) is 33.7 Å². The summed E-state index contributed by atoms with van der Waals surface area (Å²) in [5.74, 6) is -2.03. The molecule has 0 fully saturated rings. The molecule has 0 unspecified atom stereocenters. The summed E-state index contributed by atoms with van der Waals surface area (Å²) in [4.78, 5) is 88.0. The van der Waals surface area contributed by atoms with E-state index in [0.717, 1.165) is 62.5 Å². The zero-order valence-electron chi connectivity index (χ0n) is 52.3. The second kappa shape index (κ2) is 28.8. The molecule has 0 saturated carbocycles. The second-order valence-corrected chi connectivity index (χ2v) is 21.3. The molecule has 12 rings (SSSR count). The van der Waals surface area contributed by atoms with E-state index in [-0.39, 0.29) is 89.8 Å². The number of carbonyl (C=O) groups is 2. The molecule has 28 heteroatoms. The number of nitrogens with one attached hydrogen (secondary N) is 2. The van der Waals surface area contributed by atoms with Gasteiger partial charge in [0.1, 0.15) is 73.9 Å². The van der Waals surface area contributed by atoms with Crippen molar-refractivity contribution >= 4 is 45.0 Å². The first-order chi connectivity index (χ1) is 46.4. The molecule has 0 aliphatic carbocycles. The summed E-state index contributed by atoms with van der Waals surface area (Å²) >= 11 is 0. The third kappa shape index (κ3) is 13.6. The van der Waals surface area contributed by atoms with Gasteiger partial charge in [-0.2, -0.15) is 0 Å². The Balaban J connectivity index is 0.000000195. The number of rotatable bonds is 20. The van der Waals surface area contributed by atoms with Crippen LogP contribution < -0.4 is 71.0 Å². The van der Waals surface area contributed by atoms with Crippen molar-refractivity contribution in [3.63, 3.8) is 0 Å². The zero-order chi connectivity index (χ0) is 67.9. The molecule has 6 aromatic carbocycles. The lowest BCUT2D eigenvalue weighted by atomic mass is 10.1. The molecule has 96 heavy (non-hydrogen) atoms. The quantitative estimate of drug-likeness (QED) is 0.0531. The lowest BCUT2D eigenvalue weighted by molar-refractivity contribution is 0.101. The number of hydrogen-bond donors (Lipinski definition) is 2. The predicted molar refractivity (Wildman–Crippen MR) is 342 cm³/mol. The van der Waals surface area contributed by atoms with E-state index in [1.54, 1.807) is 59.3 Å². The van der Waals surface area contributed by atoms with E-state index in [0.29, 0.717) is 100 Å². The van der Waals surface area contributed by atoms with Crippen molar-refractivity contribution in [2.24, 2.45) is 7.05 Å². The Morgan fingerprint density at radius 3 is 1.46 bits per heavy atom. The Labute approximate surface area is 542 Å². The number of fused-ring (bicyclic) bond motifs is 6. The molecule has 24 nitrogen and oxygen atoms in total. The average molecular weight is 1320 g/mol. The lowest BCUT2D eigenvalue weighted by Crippen LogP contribution is -2.42. The highest BCUT2D eigenvalue weighted by Crippen LogP contribution is 2.50. The van der Waals surface area contributed by atoms with Crippen LogP contribution in [0.15, 0.2) is 141 Å². The van der Waals surface area contributed by atoms with E-state index < -0.39 is 57.6 Å². The monoisotopic (exact) mass is 1320 g/mol. The van der Waals surface area contributed by atoms with Gasteiger partial charge in [-0.15, -0.1) is 0 Å². The minimum Gasteiger partial charge on any atom is -0.487 e. The Bertz CT molecular complexity index is 4910. The SMILES string of the molecule is CCc1cc(Oc2ccnc3cc(OCCOC)c4c(c23)OCCO4)c(F)cc1NC(=O)c1cn(C)c(=O)n(-c2ccc(F)cc2)c1=O.CCn1cc(C(=O)Nc2cc(F)c(Oc3ccnc4cc(OCCOC)c5c(c34)OCCO5)cc2C)c(=O)n(-c2ccc(F)cc2)c1=O. The number of pyridine rings is 2. The van der Waals surface area contributed by atoms with Gasteiger partial charge in [0.05, 0.1) is 46.4 Å². The van der Waals surface area contributed by atoms with E-state index in [2.05, 4.69) is 20.6 Å². The Morgan fingerprint density at radius 2 is 0.979 bits per heavy atom.